The summed E-state index contributed by atoms with van der Waals surface area (Å²) in [5.41, 5.74) is -2.75. The van der Waals surface area contributed by atoms with Crippen molar-refractivity contribution in [2.75, 3.05) is 5.32 Å². The number of anilines is 1. The molecule has 0 radical (unpaired) electrons. The first-order valence-corrected chi connectivity index (χ1v) is 7.96. The Labute approximate surface area is 154 Å². The predicted octanol–water partition coefficient (Wildman–Crippen LogP) is 4.78. The zero-order valence-corrected chi connectivity index (χ0v) is 14.8. The fourth-order valence-corrected chi connectivity index (χ4v) is 2.28. The average Bonchev–Trinajstić information content (AvgIpc) is 2.55. The molecule has 0 aromatic heterocycles. The van der Waals surface area contributed by atoms with Crippen LogP contribution in [0.4, 0.5) is 24.5 Å². The van der Waals surface area contributed by atoms with Crippen LogP contribution >= 0.6 is 15.9 Å². The molecule has 2 rings (SSSR count). The molecule has 2 aromatic carbocycles. The Balaban J connectivity index is 2.15. The molecule has 0 aliphatic rings. The van der Waals surface area contributed by atoms with Crippen molar-refractivity contribution in [3.63, 3.8) is 0 Å². The fourth-order valence-electron chi connectivity index (χ4n) is 2.01. The average molecular weight is 433 g/mol. The molecule has 26 heavy (non-hydrogen) atoms. The van der Waals surface area contributed by atoms with Gasteiger partial charge in [-0.15, -0.1) is 0 Å². The van der Waals surface area contributed by atoms with Gasteiger partial charge in [0.2, 0.25) is 0 Å². The smallest absolute Gasteiger partial charge is 0.423 e. The van der Waals surface area contributed by atoms with Gasteiger partial charge in [-0.25, -0.2) is 0 Å². The van der Waals surface area contributed by atoms with Crippen molar-refractivity contribution in [2.24, 2.45) is 0 Å². The van der Waals surface area contributed by atoms with Crippen molar-refractivity contribution < 1.29 is 27.6 Å². The van der Waals surface area contributed by atoms with Gasteiger partial charge in [0.15, 0.2) is 6.10 Å². The number of nitrogens with one attached hydrogen (secondary N) is 1. The molecular weight excluding hydrogens is 421 g/mol. The number of benzene rings is 2. The lowest BCUT2D eigenvalue weighted by Crippen LogP contribution is -2.30. The normalized spacial score (nSPS) is 12.3. The monoisotopic (exact) mass is 432 g/mol. The lowest BCUT2D eigenvalue weighted by molar-refractivity contribution is -0.388. The first-order chi connectivity index (χ1) is 12.1. The SMILES string of the molecule is CC(Oc1ccc(Br)cc1)C(=O)Nc1ccc([N+](=O)[O-])c(C(F)(F)F)c1. The van der Waals surface area contributed by atoms with Gasteiger partial charge in [-0.05, 0) is 43.3 Å². The number of hydrogen-bond donors (Lipinski definition) is 1. The minimum Gasteiger partial charge on any atom is -0.481 e. The summed E-state index contributed by atoms with van der Waals surface area (Å²) in [4.78, 5) is 21.7. The molecule has 0 heterocycles. The van der Waals surface area contributed by atoms with E-state index in [1.54, 1.807) is 24.3 Å². The van der Waals surface area contributed by atoms with Gasteiger partial charge in [-0.1, -0.05) is 15.9 Å². The van der Waals surface area contributed by atoms with E-state index in [1.807, 2.05) is 0 Å². The third-order valence-electron chi connectivity index (χ3n) is 3.26. The van der Waals surface area contributed by atoms with E-state index in [1.165, 1.54) is 6.92 Å². The molecule has 1 unspecified atom stereocenters. The van der Waals surface area contributed by atoms with Crippen molar-refractivity contribution in [3.8, 4) is 5.75 Å². The highest BCUT2D eigenvalue weighted by Crippen LogP contribution is 2.37. The molecule has 1 N–H and O–H groups in total. The van der Waals surface area contributed by atoms with Crippen LogP contribution in [0.2, 0.25) is 0 Å². The van der Waals surface area contributed by atoms with Crippen LogP contribution in [0, 0.1) is 10.1 Å². The van der Waals surface area contributed by atoms with Gasteiger partial charge in [0.05, 0.1) is 4.92 Å². The Morgan fingerprint density at radius 1 is 1.23 bits per heavy atom. The van der Waals surface area contributed by atoms with Crippen molar-refractivity contribution in [3.05, 3.63) is 62.6 Å². The summed E-state index contributed by atoms with van der Waals surface area (Å²) >= 11 is 3.25. The van der Waals surface area contributed by atoms with E-state index >= 15 is 0 Å². The van der Waals surface area contributed by atoms with E-state index in [0.29, 0.717) is 17.9 Å². The van der Waals surface area contributed by atoms with E-state index < -0.39 is 34.4 Å². The highest BCUT2D eigenvalue weighted by Gasteiger charge is 2.38. The zero-order chi connectivity index (χ0) is 19.5. The Morgan fingerprint density at radius 2 is 1.85 bits per heavy atom. The van der Waals surface area contributed by atoms with Gasteiger partial charge in [0.1, 0.15) is 11.3 Å². The molecule has 1 atom stereocenters. The Bertz CT molecular complexity index is 825. The maximum atomic E-state index is 13.0. The molecule has 0 fully saturated rings. The number of nitro groups is 1. The second-order valence-electron chi connectivity index (χ2n) is 5.19. The Hall–Kier alpha value is -2.62. The Kier molecular flexibility index (Phi) is 5.86. The molecule has 2 aromatic rings. The van der Waals surface area contributed by atoms with Gasteiger partial charge in [0.25, 0.3) is 11.6 Å². The molecule has 0 saturated heterocycles. The standard InChI is InChI=1S/C16H12BrF3N2O4/c1-9(26-12-5-2-10(17)3-6-12)15(23)21-11-4-7-14(22(24)25)13(8-11)16(18,19)20/h2-9H,1H3,(H,21,23). The number of halogens is 4. The third-order valence-corrected chi connectivity index (χ3v) is 3.79. The number of carbonyl (C=O) groups excluding carboxylic acids is 1. The molecule has 0 aliphatic carbocycles. The number of nitrogens with zero attached hydrogens (tertiary/aromatic N) is 1. The first-order valence-electron chi connectivity index (χ1n) is 7.16. The van der Waals surface area contributed by atoms with Crippen LogP contribution in [0.3, 0.4) is 0 Å². The lowest BCUT2D eigenvalue weighted by atomic mass is 10.1. The second-order valence-corrected chi connectivity index (χ2v) is 6.11. The molecular formula is C16H12BrF3N2O4. The number of nitro benzene ring substituents is 1. The van der Waals surface area contributed by atoms with Gasteiger partial charge < -0.3 is 10.1 Å². The minimum absolute atomic E-state index is 0.223. The van der Waals surface area contributed by atoms with Crippen LogP contribution in [0.1, 0.15) is 12.5 Å². The quantitative estimate of drug-likeness (QED) is 0.544. The maximum Gasteiger partial charge on any atom is 0.423 e. The largest absolute Gasteiger partial charge is 0.481 e. The predicted molar refractivity (Wildman–Crippen MR) is 91.0 cm³/mol. The van der Waals surface area contributed by atoms with Gasteiger partial charge in [0, 0.05) is 16.2 Å². The van der Waals surface area contributed by atoms with Crippen molar-refractivity contribution in [1.82, 2.24) is 0 Å². The highest BCUT2D eigenvalue weighted by molar-refractivity contribution is 9.10. The van der Waals surface area contributed by atoms with Gasteiger partial charge in [-0.3, -0.25) is 14.9 Å². The number of rotatable bonds is 5. The number of ether oxygens (including phenoxy) is 1. The van der Waals surface area contributed by atoms with Crippen LogP contribution in [-0.2, 0) is 11.0 Å². The van der Waals surface area contributed by atoms with E-state index in [4.69, 9.17) is 4.74 Å². The fraction of sp³-hybridized carbons (Fsp3) is 0.188. The van der Waals surface area contributed by atoms with Gasteiger partial charge >= 0.3 is 6.18 Å². The summed E-state index contributed by atoms with van der Waals surface area (Å²) in [5, 5.41) is 13.0. The zero-order valence-electron chi connectivity index (χ0n) is 13.2. The molecule has 0 saturated carbocycles. The summed E-state index contributed by atoms with van der Waals surface area (Å²) < 4.78 is 45.1. The van der Waals surface area contributed by atoms with Gasteiger partial charge in [-0.2, -0.15) is 13.2 Å². The molecule has 10 heteroatoms. The van der Waals surface area contributed by atoms with Crippen molar-refractivity contribution in [1.29, 1.82) is 0 Å². The number of hydrogen-bond acceptors (Lipinski definition) is 4. The summed E-state index contributed by atoms with van der Waals surface area (Å²) in [6.07, 6.45) is -5.93. The van der Waals surface area contributed by atoms with E-state index in [-0.39, 0.29) is 5.69 Å². The van der Waals surface area contributed by atoms with E-state index in [2.05, 4.69) is 21.2 Å². The van der Waals surface area contributed by atoms with Crippen LogP contribution in [0.5, 0.6) is 5.75 Å². The summed E-state index contributed by atoms with van der Waals surface area (Å²) in [7, 11) is 0. The molecule has 6 nitrogen and oxygen atoms in total. The molecule has 138 valence electrons. The molecule has 0 bridgehead atoms. The third kappa shape index (κ3) is 4.94. The molecule has 0 spiro atoms. The summed E-state index contributed by atoms with van der Waals surface area (Å²) in [5.74, 6) is -0.301. The molecule has 1 amide bonds. The topological polar surface area (TPSA) is 81.5 Å². The lowest BCUT2D eigenvalue weighted by Gasteiger charge is -2.15. The minimum atomic E-state index is -4.93. The summed E-state index contributed by atoms with van der Waals surface area (Å²) in [6, 6.07) is 8.86. The number of amides is 1. The second kappa shape index (κ2) is 7.73. The molecule has 0 aliphatic heterocycles. The Morgan fingerprint density at radius 3 is 2.38 bits per heavy atom. The van der Waals surface area contributed by atoms with Crippen LogP contribution < -0.4 is 10.1 Å². The van der Waals surface area contributed by atoms with E-state index in [0.717, 1.165) is 10.5 Å². The van der Waals surface area contributed by atoms with Crippen LogP contribution in [-0.4, -0.2) is 16.9 Å². The summed E-state index contributed by atoms with van der Waals surface area (Å²) in [6.45, 7) is 1.42. The maximum absolute atomic E-state index is 13.0. The van der Waals surface area contributed by atoms with Crippen LogP contribution in [0.15, 0.2) is 46.9 Å². The number of carbonyl (C=O) groups is 1. The van der Waals surface area contributed by atoms with Crippen molar-refractivity contribution in [2.45, 2.75) is 19.2 Å². The van der Waals surface area contributed by atoms with Crippen molar-refractivity contribution >= 4 is 33.2 Å². The first kappa shape index (κ1) is 19.7. The van der Waals surface area contributed by atoms with E-state index in [9.17, 15) is 28.1 Å². The highest BCUT2D eigenvalue weighted by atomic mass is 79.9. The number of alkyl halides is 3. The van der Waals surface area contributed by atoms with Crippen LogP contribution in [0.25, 0.3) is 0 Å².